The van der Waals surface area contributed by atoms with Crippen molar-refractivity contribution in [2.24, 2.45) is 5.41 Å². The summed E-state index contributed by atoms with van der Waals surface area (Å²) in [7, 11) is 5.42. The average molecular weight is 548 g/mol. The van der Waals surface area contributed by atoms with Crippen LogP contribution < -0.4 is 14.4 Å². The first kappa shape index (κ1) is 28.9. The number of likely N-dealkylation sites (tertiary alicyclic amines) is 1. The Kier molecular flexibility index (Phi) is 9.19. The van der Waals surface area contributed by atoms with Gasteiger partial charge in [0.15, 0.2) is 11.6 Å². The third-order valence-electron chi connectivity index (χ3n) is 7.74. The number of benzene rings is 2. The van der Waals surface area contributed by atoms with Crippen LogP contribution in [0.25, 0.3) is 10.9 Å². The van der Waals surface area contributed by atoms with E-state index in [-0.39, 0.29) is 18.6 Å². The van der Waals surface area contributed by atoms with Gasteiger partial charge in [0.1, 0.15) is 18.2 Å². The highest BCUT2D eigenvalue weighted by Crippen LogP contribution is 2.41. The summed E-state index contributed by atoms with van der Waals surface area (Å²) in [6.07, 6.45) is 3.51. The van der Waals surface area contributed by atoms with Crippen LogP contribution in [0.4, 0.5) is 18.9 Å². The molecule has 2 N–H and O–H groups in total. The van der Waals surface area contributed by atoms with Crippen LogP contribution in [0.5, 0.6) is 11.5 Å². The van der Waals surface area contributed by atoms with E-state index in [2.05, 4.69) is 9.88 Å². The first-order chi connectivity index (χ1) is 18.7. The van der Waals surface area contributed by atoms with Gasteiger partial charge in [0.2, 0.25) is 5.82 Å². The number of hydrogen-bond acceptors (Lipinski definition) is 7. The summed E-state index contributed by atoms with van der Waals surface area (Å²) >= 11 is 0. The Morgan fingerprint density at radius 3 is 2.54 bits per heavy atom. The van der Waals surface area contributed by atoms with E-state index in [1.54, 1.807) is 13.3 Å². The van der Waals surface area contributed by atoms with Crippen LogP contribution in [0.3, 0.4) is 0 Å². The molecule has 0 spiro atoms. The maximum Gasteiger partial charge on any atom is 0.200 e. The standard InChI is InChI=1S/C29H36F3N3O4/c1-34(2)24-17-33-23-5-4-20(38-3)16-21(23)27(24)25(37)6-7-29(18-36)8-10-35(11-9-29)12-13-39-26-15-19(30)14-22(31)28(26)32/h4-5,14-17,25,36-37H,6-13,18H2,1-3H3. The van der Waals surface area contributed by atoms with Gasteiger partial charge in [-0.05, 0) is 62.4 Å². The predicted molar refractivity (Wildman–Crippen MR) is 144 cm³/mol. The molecular weight excluding hydrogens is 511 g/mol. The lowest BCUT2D eigenvalue weighted by Gasteiger charge is -2.41. The zero-order chi connectivity index (χ0) is 28.2. The number of methoxy groups -OCH3 is 1. The van der Waals surface area contributed by atoms with E-state index in [0.717, 1.165) is 28.2 Å². The summed E-state index contributed by atoms with van der Waals surface area (Å²) < 4.78 is 51.3. The van der Waals surface area contributed by atoms with Gasteiger partial charge in [-0.25, -0.2) is 8.78 Å². The van der Waals surface area contributed by atoms with E-state index >= 15 is 0 Å². The van der Waals surface area contributed by atoms with E-state index in [0.29, 0.717) is 57.1 Å². The summed E-state index contributed by atoms with van der Waals surface area (Å²) in [6.45, 7) is 1.90. The Morgan fingerprint density at radius 2 is 1.87 bits per heavy atom. The Bertz CT molecular complexity index is 1280. The van der Waals surface area contributed by atoms with Crippen LogP contribution in [0, 0.1) is 22.9 Å². The molecule has 1 fully saturated rings. The number of nitrogens with zero attached hydrogens (tertiary/aromatic N) is 3. The Balaban J connectivity index is 1.38. The van der Waals surface area contributed by atoms with E-state index < -0.39 is 29.3 Å². The normalized spacial score (nSPS) is 16.3. The lowest BCUT2D eigenvalue weighted by molar-refractivity contribution is 0.0204. The predicted octanol–water partition coefficient (Wildman–Crippen LogP) is 4.69. The quantitative estimate of drug-likeness (QED) is 0.337. The molecule has 2 aromatic carbocycles. The largest absolute Gasteiger partial charge is 0.497 e. The molecule has 0 amide bonds. The summed E-state index contributed by atoms with van der Waals surface area (Å²) in [5, 5.41) is 22.6. The highest BCUT2D eigenvalue weighted by Gasteiger charge is 2.35. The van der Waals surface area contributed by atoms with Crippen molar-refractivity contribution in [3.63, 3.8) is 0 Å². The van der Waals surface area contributed by atoms with Crippen molar-refractivity contribution in [2.75, 3.05) is 59.0 Å². The molecule has 1 aromatic heterocycles. The molecule has 1 saturated heterocycles. The minimum atomic E-state index is -1.28. The fourth-order valence-corrected chi connectivity index (χ4v) is 5.26. The van der Waals surface area contributed by atoms with E-state index in [9.17, 15) is 23.4 Å². The molecule has 2 heterocycles. The molecule has 0 radical (unpaired) electrons. The number of anilines is 1. The van der Waals surface area contributed by atoms with E-state index in [4.69, 9.17) is 9.47 Å². The number of fused-ring (bicyclic) bond motifs is 1. The van der Waals surface area contributed by atoms with Gasteiger partial charge in [-0.3, -0.25) is 9.88 Å². The van der Waals surface area contributed by atoms with Gasteiger partial charge in [0.05, 0.1) is 30.6 Å². The number of ether oxygens (including phenoxy) is 2. The minimum Gasteiger partial charge on any atom is -0.497 e. The Hall–Kier alpha value is -3.08. The highest BCUT2D eigenvalue weighted by atomic mass is 19.2. The number of hydrogen-bond donors (Lipinski definition) is 2. The Labute approximate surface area is 226 Å². The van der Waals surface area contributed by atoms with Crippen molar-refractivity contribution in [1.82, 2.24) is 9.88 Å². The molecular formula is C29H36F3N3O4. The average Bonchev–Trinajstić information content (AvgIpc) is 2.94. The van der Waals surface area contributed by atoms with Crippen LogP contribution in [0.15, 0.2) is 36.5 Å². The first-order valence-electron chi connectivity index (χ1n) is 13.1. The molecule has 0 aliphatic carbocycles. The van der Waals surface area contributed by atoms with Crippen molar-refractivity contribution in [1.29, 1.82) is 0 Å². The number of aliphatic hydroxyl groups is 2. The second-order valence-corrected chi connectivity index (χ2v) is 10.4. The number of halogens is 3. The van der Waals surface area contributed by atoms with Gasteiger partial charge >= 0.3 is 0 Å². The lowest BCUT2D eigenvalue weighted by atomic mass is 9.74. The zero-order valence-electron chi connectivity index (χ0n) is 22.6. The third-order valence-corrected chi connectivity index (χ3v) is 7.74. The molecule has 1 aliphatic heterocycles. The lowest BCUT2D eigenvalue weighted by Crippen LogP contribution is -2.43. The molecule has 1 atom stereocenters. The molecule has 10 heteroatoms. The topological polar surface area (TPSA) is 78.3 Å². The van der Waals surface area contributed by atoms with Crippen molar-refractivity contribution in [3.05, 3.63) is 59.5 Å². The smallest absolute Gasteiger partial charge is 0.200 e. The fourth-order valence-electron chi connectivity index (χ4n) is 5.26. The van der Waals surface area contributed by atoms with E-state index in [1.807, 2.05) is 37.2 Å². The monoisotopic (exact) mass is 547 g/mol. The summed E-state index contributed by atoms with van der Waals surface area (Å²) in [6, 6.07) is 6.92. The second-order valence-electron chi connectivity index (χ2n) is 10.4. The number of rotatable bonds is 11. The second kappa shape index (κ2) is 12.4. The molecule has 3 aromatic rings. The van der Waals surface area contributed by atoms with Crippen molar-refractivity contribution in [3.8, 4) is 11.5 Å². The number of piperidine rings is 1. The molecule has 4 rings (SSSR count). The fraction of sp³-hybridized carbons (Fsp3) is 0.483. The summed E-state index contributed by atoms with van der Waals surface area (Å²) in [4.78, 5) is 8.59. The van der Waals surface area contributed by atoms with Crippen molar-refractivity contribution >= 4 is 16.6 Å². The van der Waals surface area contributed by atoms with Crippen LogP contribution >= 0.6 is 0 Å². The van der Waals surface area contributed by atoms with Crippen LogP contribution in [0.2, 0.25) is 0 Å². The van der Waals surface area contributed by atoms with Crippen LogP contribution in [-0.2, 0) is 0 Å². The highest BCUT2D eigenvalue weighted by molar-refractivity contribution is 5.88. The third kappa shape index (κ3) is 6.57. The van der Waals surface area contributed by atoms with Gasteiger partial charge in [-0.2, -0.15) is 4.39 Å². The molecule has 0 saturated carbocycles. The molecule has 1 unspecified atom stereocenters. The molecule has 7 nitrogen and oxygen atoms in total. The summed E-state index contributed by atoms with van der Waals surface area (Å²) in [5.41, 5.74) is 2.04. The minimum absolute atomic E-state index is 0.00327. The maximum atomic E-state index is 13.8. The van der Waals surface area contributed by atoms with Gasteiger partial charge in [0.25, 0.3) is 0 Å². The SMILES string of the molecule is COc1ccc2ncc(N(C)C)c(C(O)CCC3(CO)CCN(CCOc4cc(F)cc(F)c4F)CC3)c2c1. The number of aliphatic hydroxyl groups excluding tert-OH is 2. The van der Waals surface area contributed by atoms with Crippen LogP contribution in [-0.4, -0.2) is 74.2 Å². The molecule has 39 heavy (non-hydrogen) atoms. The van der Waals surface area contributed by atoms with Gasteiger partial charge in [0, 0.05) is 50.3 Å². The van der Waals surface area contributed by atoms with Gasteiger partial charge in [-0.1, -0.05) is 0 Å². The Morgan fingerprint density at radius 1 is 1.13 bits per heavy atom. The molecule has 0 bridgehead atoms. The number of pyridine rings is 1. The first-order valence-corrected chi connectivity index (χ1v) is 13.1. The van der Waals surface area contributed by atoms with E-state index in [1.165, 1.54) is 0 Å². The number of aromatic nitrogens is 1. The van der Waals surface area contributed by atoms with Gasteiger partial charge < -0.3 is 24.6 Å². The maximum absolute atomic E-state index is 13.8. The van der Waals surface area contributed by atoms with Crippen molar-refractivity contribution in [2.45, 2.75) is 31.8 Å². The summed E-state index contributed by atoms with van der Waals surface area (Å²) in [5.74, 6) is -3.14. The van der Waals surface area contributed by atoms with Gasteiger partial charge in [-0.15, -0.1) is 0 Å². The van der Waals surface area contributed by atoms with Crippen molar-refractivity contribution < 1.29 is 32.9 Å². The molecule has 212 valence electrons. The zero-order valence-corrected chi connectivity index (χ0v) is 22.6. The molecule has 1 aliphatic rings. The van der Waals surface area contributed by atoms with Crippen LogP contribution in [0.1, 0.15) is 37.4 Å².